The van der Waals surface area contributed by atoms with E-state index in [9.17, 15) is 4.79 Å². The fourth-order valence-electron chi connectivity index (χ4n) is 5.16. The van der Waals surface area contributed by atoms with Crippen molar-refractivity contribution in [2.75, 3.05) is 30.8 Å². The number of ether oxygens (including phenoxy) is 2. The normalized spacial score (nSPS) is 13.5. The number of rotatable bonds is 9. The van der Waals surface area contributed by atoms with Crippen LogP contribution in [0.1, 0.15) is 23.4 Å². The van der Waals surface area contributed by atoms with E-state index < -0.39 is 5.82 Å². The molecule has 230 valence electrons. The van der Waals surface area contributed by atoms with Crippen LogP contribution >= 0.6 is 11.3 Å². The van der Waals surface area contributed by atoms with E-state index in [1.165, 1.54) is 18.5 Å². The van der Waals surface area contributed by atoms with E-state index >= 15 is 4.39 Å². The van der Waals surface area contributed by atoms with Gasteiger partial charge in [-0.1, -0.05) is 6.58 Å². The van der Waals surface area contributed by atoms with Gasteiger partial charge < -0.3 is 25.0 Å². The topological polar surface area (TPSA) is 114 Å². The zero-order valence-electron chi connectivity index (χ0n) is 25.1. The molecule has 0 spiro atoms. The van der Waals surface area contributed by atoms with Gasteiger partial charge in [0.2, 0.25) is 5.91 Å². The summed E-state index contributed by atoms with van der Waals surface area (Å²) < 4.78 is 27.0. The number of fused-ring (bicyclic) bond motifs is 1. The largest absolute Gasteiger partial charge is 0.495 e. The first kappa shape index (κ1) is 29.9. The quantitative estimate of drug-likeness (QED) is 0.167. The molecule has 0 radical (unpaired) electrons. The summed E-state index contributed by atoms with van der Waals surface area (Å²) in [6.45, 7) is 8.84. The fraction of sp³-hybridized carbons (Fsp3) is 0.242. The summed E-state index contributed by atoms with van der Waals surface area (Å²) in [6.07, 6.45) is 5.98. The maximum absolute atomic E-state index is 15.4. The Labute approximate surface area is 264 Å². The van der Waals surface area contributed by atoms with Gasteiger partial charge in [-0.15, -0.1) is 11.3 Å². The number of nitrogens with one attached hydrogen (secondary N) is 2. The molecule has 2 N–H and O–H groups in total. The Hall–Kier alpha value is -5.10. The highest BCUT2D eigenvalue weighted by atomic mass is 32.1. The van der Waals surface area contributed by atoms with Crippen molar-refractivity contribution in [2.45, 2.75) is 32.7 Å². The van der Waals surface area contributed by atoms with E-state index in [0.717, 1.165) is 34.1 Å². The van der Waals surface area contributed by atoms with E-state index in [1.54, 1.807) is 53.8 Å². The average Bonchev–Trinajstić information content (AvgIpc) is 3.40. The molecule has 4 heterocycles. The number of piperidine rings is 1. The number of benzene rings is 2. The van der Waals surface area contributed by atoms with Crippen LogP contribution in [0.25, 0.3) is 21.6 Å². The van der Waals surface area contributed by atoms with Gasteiger partial charge in [0.1, 0.15) is 45.9 Å². The molecule has 1 fully saturated rings. The van der Waals surface area contributed by atoms with Gasteiger partial charge in [-0.25, -0.2) is 19.3 Å². The highest BCUT2D eigenvalue weighted by molar-refractivity contribution is 7.15. The Morgan fingerprint density at radius 3 is 2.58 bits per heavy atom. The molecular formula is C33H32FN7O3S. The number of aryl methyl sites for hydroxylation is 2. The lowest BCUT2D eigenvalue weighted by molar-refractivity contribution is -0.126. The molecule has 1 aliphatic heterocycles. The SMILES string of the molecule is C=CC(=O)N1CCC(Nc2cc3c(Nc4ccc(Oc5ccnc(-c6nc(C)c(C)s6)c5)cc4F)ncnc3cc2OC)CC1. The van der Waals surface area contributed by atoms with Gasteiger partial charge in [-0.3, -0.25) is 9.78 Å². The van der Waals surface area contributed by atoms with Crippen LogP contribution in [0, 0.1) is 19.7 Å². The summed E-state index contributed by atoms with van der Waals surface area (Å²) in [5.74, 6) is 1.37. The lowest BCUT2D eigenvalue weighted by Gasteiger charge is -2.32. The van der Waals surface area contributed by atoms with Crippen LogP contribution in [0.15, 0.2) is 67.6 Å². The Kier molecular flexibility index (Phi) is 8.56. The number of aromatic nitrogens is 4. The first-order valence-electron chi connectivity index (χ1n) is 14.5. The number of carbonyl (C=O) groups is 1. The number of hydrogen-bond acceptors (Lipinski definition) is 10. The third kappa shape index (κ3) is 6.55. The maximum Gasteiger partial charge on any atom is 0.245 e. The Balaban J connectivity index is 1.20. The molecule has 0 aliphatic carbocycles. The Bertz CT molecular complexity index is 1870. The van der Waals surface area contributed by atoms with Crippen molar-refractivity contribution in [3.05, 3.63) is 84.0 Å². The molecular weight excluding hydrogens is 593 g/mol. The molecule has 1 saturated heterocycles. The number of methoxy groups -OCH3 is 1. The molecule has 2 aromatic carbocycles. The predicted molar refractivity (Wildman–Crippen MR) is 174 cm³/mol. The van der Waals surface area contributed by atoms with Crippen molar-refractivity contribution in [2.24, 2.45) is 0 Å². The monoisotopic (exact) mass is 625 g/mol. The molecule has 5 aromatic rings. The van der Waals surface area contributed by atoms with Crippen molar-refractivity contribution in [1.82, 2.24) is 24.8 Å². The fourth-order valence-corrected chi connectivity index (χ4v) is 6.04. The van der Waals surface area contributed by atoms with Crippen LogP contribution in [0.2, 0.25) is 0 Å². The molecule has 45 heavy (non-hydrogen) atoms. The lowest BCUT2D eigenvalue weighted by atomic mass is 10.0. The number of thiazole rings is 1. The highest BCUT2D eigenvalue weighted by Crippen LogP contribution is 2.36. The third-order valence-electron chi connectivity index (χ3n) is 7.71. The third-order valence-corrected chi connectivity index (χ3v) is 8.80. The van der Waals surface area contributed by atoms with Crippen molar-refractivity contribution in [3.63, 3.8) is 0 Å². The molecule has 0 atom stereocenters. The minimum atomic E-state index is -0.507. The van der Waals surface area contributed by atoms with Crippen LogP contribution in [-0.2, 0) is 4.79 Å². The molecule has 1 aliphatic rings. The minimum absolute atomic E-state index is 0.0558. The van der Waals surface area contributed by atoms with Crippen LogP contribution < -0.4 is 20.1 Å². The van der Waals surface area contributed by atoms with Gasteiger partial charge in [0.05, 0.1) is 29.7 Å². The summed E-state index contributed by atoms with van der Waals surface area (Å²) in [4.78, 5) is 32.7. The number of likely N-dealkylation sites (tertiary alicyclic amines) is 1. The number of amides is 1. The van der Waals surface area contributed by atoms with Crippen molar-refractivity contribution in [3.8, 4) is 28.0 Å². The van der Waals surface area contributed by atoms with Crippen molar-refractivity contribution < 1.29 is 18.7 Å². The van der Waals surface area contributed by atoms with Gasteiger partial charge in [-0.05, 0) is 57.0 Å². The van der Waals surface area contributed by atoms with Gasteiger partial charge in [0.15, 0.2) is 0 Å². The first-order valence-corrected chi connectivity index (χ1v) is 15.3. The Morgan fingerprint density at radius 1 is 1.07 bits per heavy atom. The van der Waals surface area contributed by atoms with Gasteiger partial charge >= 0.3 is 0 Å². The standard InChI is InChI=1S/C33H32FN7O3S/c1-5-31(42)41-12-9-21(10-13-41)39-28-16-24-27(17-30(28)43-4)36-18-37-32(24)40-26-7-6-22(14-25(26)34)44-23-8-11-35-29(15-23)33-38-19(2)20(3)45-33/h5-8,11,14-18,21,39H,1,9-10,12-13H2,2-4H3,(H,36,37,40). The second-order valence-corrected chi connectivity index (χ2v) is 11.8. The van der Waals surface area contributed by atoms with E-state index in [2.05, 4.69) is 37.1 Å². The van der Waals surface area contributed by atoms with Gasteiger partial charge in [0, 0.05) is 53.8 Å². The molecule has 10 nitrogen and oxygen atoms in total. The number of carbonyl (C=O) groups excluding carboxylic acids is 1. The van der Waals surface area contributed by atoms with Crippen LogP contribution in [-0.4, -0.2) is 57.0 Å². The molecule has 3 aromatic heterocycles. The number of anilines is 3. The zero-order valence-corrected chi connectivity index (χ0v) is 25.9. The van der Waals surface area contributed by atoms with E-state index in [0.29, 0.717) is 52.8 Å². The average molecular weight is 626 g/mol. The van der Waals surface area contributed by atoms with Crippen molar-refractivity contribution >= 4 is 45.3 Å². The van der Waals surface area contributed by atoms with E-state index in [1.807, 2.05) is 26.0 Å². The smallest absolute Gasteiger partial charge is 0.245 e. The summed E-state index contributed by atoms with van der Waals surface area (Å²) >= 11 is 1.57. The van der Waals surface area contributed by atoms with E-state index in [4.69, 9.17) is 9.47 Å². The molecule has 1 amide bonds. The minimum Gasteiger partial charge on any atom is -0.495 e. The van der Waals surface area contributed by atoms with E-state index in [-0.39, 0.29) is 17.6 Å². The van der Waals surface area contributed by atoms with Crippen LogP contribution in [0.4, 0.5) is 21.6 Å². The molecule has 0 unspecified atom stereocenters. The Morgan fingerprint density at radius 2 is 1.87 bits per heavy atom. The number of halogens is 1. The number of hydrogen-bond donors (Lipinski definition) is 2. The van der Waals surface area contributed by atoms with Gasteiger partial charge in [0.25, 0.3) is 0 Å². The van der Waals surface area contributed by atoms with Crippen molar-refractivity contribution in [1.29, 1.82) is 0 Å². The molecule has 6 rings (SSSR count). The lowest BCUT2D eigenvalue weighted by Crippen LogP contribution is -2.41. The summed E-state index contributed by atoms with van der Waals surface area (Å²) in [6, 6.07) is 12.0. The maximum atomic E-state index is 15.4. The van der Waals surface area contributed by atoms with Crippen LogP contribution in [0.5, 0.6) is 17.2 Å². The number of nitrogens with zero attached hydrogens (tertiary/aromatic N) is 5. The summed E-state index contributed by atoms with van der Waals surface area (Å²) in [5, 5.41) is 8.16. The zero-order chi connectivity index (χ0) is 31.5. The summed E-state index contributed by atoms with van der Waals surface area (Å²) in [7, 11) is 1.60. The molecule has 0 saturated carbocycles. The van der Waals surface area contributed by atoms with Crippen LogP contribution in [0.3, 0.4) is 0 Å². The van der Waals surface area contributed by atoms with Gasteiger partial charge in [-0.2, -0.15) is 0 Å². The highest BCUT2D eigenvalue weighted by Gasteiger charge is 2.23. The predicted octanol–water partition coefficient (Wildman–Crippen LogP) is 7.04. The summed E-state index contributed by atoms with van der Waals surface area (Å²) in [5.41, 5.74) is 3.30. The molecule has 0 bridgehead atoms. The second kappa shape index (κ2) is 12.9. The first-order chi connectivity index (χ1) is 21.8. The number of pyridine rings is 1. The second-order valence-electron chi connectivity index (χ2n) is 10.6. The molecule has 12 heteroatoms.